The van der Waals surface area contributed by atoms with Crippen molar-refractivity contribution in [3.63, 3.8) is 0 Å². The average molecular weight is 611 g/mol. The number of ether oxygens (including phenoxy) is 1. The molecule has 0 saturated heterocycles. The Bertz CT molecular complexity index is 1530. The van der Waals surface area contributed by atoms with Crippen molar-refractivity contribution in [1.82, 2.24) is 30.1 Å². The van der Waals surface area contributed by atoms with Crippen molar-refractivity contribution in [3.8, 4) is 11.3 Å². The number of amides is 2. The van der Waals surface area contributed by atoms with Gasteiger partial charge in [-0.2, -0.15) is 0 Å². The number of likely N-dealkylation sites (N-methyl/N-ethyl adjacent to an activating group) is 2. The lowest BCUT2D eigenvalue weighted by Gasteiger charge is -2.24. The number of rotatable bonds is 15. The average Bonchev–Trinajstić information content (AvgIpc) is 3.07. The molecule has 0 atom stereocenters. The Labute approximate surface area is 265 Å². The third-order valence-corrected chi connectivity index (χ3v) is 7.16. The Hall–Kier alpha value is -4.87. The van der Waals surface area contributed by atoms with E-state index in [4.69, 9.17) is 4.74 Å². The summed E-state index contributed by atoms with van der Waals surface area (Å²) in [5, 5.41) is 8.98. The molecule has 0 aliphatic heterocycles. The number of aromatic nitrogens is 3. The minimum atomic E-state index is -0.391. The molecule has 0 bridgehead atoms. The SMILES string of the molecule is CCCNC(=O)OCN(C)CCN(CC)Cc1ccc(C(=O)Nc2ccc(C)c(Nc3nccc(-c4cccnc4)n3)c2)cc1. The molecule has 0 radical (unpaired) electrons. The predicted octanol–water partition coefficient (Wildman–Crippen LogP) is 5.69. The highest BCUT2D eigenvalue weighted by molar-refractivity contribution is 6.04. The fourth-order valence-electron chi connectivity index (χ4n) is 4.44. The summed E-state index contributed by atoms with van der Waals surface area (Å²) in [6.07, 6.45) is 5.66. The van der Waals surface area contributed by atoms with E-state index < -0.39 is 6.09 Å². The Morgan fingerprint density at radius 1 is 0.978 bits per heavy atom. The summed E-state index contributed by atoms with van der Waals surface area (Å²) in [6, 6.07) is 19.0. The third-order valence-electron chi connectivity index (χ3n) is 7.16. The van der Waals surface area contributed by atoms with Gasteiger partial charge in [0.25, 0.3) is 5.91 Å². The predicted molar refractivity (Wildman–Crippen MR) is 177 cm³/mol. The van der Waals surface area contributed by atoms with Gasteiger partial charge in [-0.25, -0.2) is 14.8 Å². The van der Waals surface area contributed by atoms with Crippen molar-refractivity contribution in [3.05, 3.63) is 95.9 Å². The van der Waals surface area contributed by atoms with E-state index in [-0.39, 0.29) is 12.6 Å². The molecule has 4 aromatic rings. The fraction of sp³-hybridized carbons (Fsp3) is 0.324. The van der Waals surface area contributed by atoms with Gasteiger partial charge in [-0.1, -0.05) is 32.0 Å². The van der Waals surface area contributed by atoms with Crippen LogP contribution in [-0.2, 0) is 11.3 Å². The number of hydrogen-bond acceptors (Lipinski definition) is 9. The van der Waals surface area contributed by atoms with E-state index in [0.717, 1.165) is 60.7 Å². The van der Waals surface area contributed by atoms with E-state index in [0.29, 0.717) is 23.7 Å². The largest absolute Gasteiger partial charge is 0.433 e. The second-order valence-corrected chi connectivity index (χ2v) is 10.7. The minimum Gasteiger partial charge on any atom is -0.433 e. The van der Waals surface area contributed by atoms with Gasteiger partial charge in [0.15, 0.2) is 0 Å². The summed E-state index contributed by atoms with van der Waals surface area (Å²) in [7, 11) is 1.93. The summed E-state index contributed by atoms with van der Waals surface area (Å²) >= 11 is 0. The molecule has 2 aromatic carbocycles. The van der Waals surface area contributed by atoms with Crippen LogP contribution in [0, 0.1) is 6.92 Å². The van der Waals surface area contributed by atoms with E-state index in [9.17, 15) is 9.59 Å². The molecule has 11 nitrogen and oxygen atoms in total. The zero-order valence-corrected chi connectivity index (χ0v) is 26.4. The fourth-order valence-corrected chi connectivity index (χ4v) is 4.44. The molecule has 0 unspecified atom stereocenters. The van der Waals surface area contributed by atoms with Crippen molar-refractivity contribution in [2.24, 2.45) is 0 Å². The van der Waals surface area contributed by atoms with Crippen LogP contribution in [-0.4, -0.2) is 76.7 Å². The second kappa shape index (κ2) is 16.8. The first kappa shape index (κ1) is 33.0. The summed E-state index contributed by atoms with van der Waals surface area (Å²) in [5.41, 5.74) is 5.79. The zero-order chi connectivity index (χ0) is 32.0. The second-order valence-electron chi connectivity index (χ2n) is 10.7. The zero-order valence-electron chi connectivity index (χ0n) is 26.4. The first-order valence-corrected chi connectivity index (χ1v) is 15.2. The minimum absolute atomic E-state index is 0.192. The van der Waals surface area contributed by atoms with Gasteiger partial charge in [0.2, 0.25) is 5.95 Å². The highest BCUT2D eigenvalue weighted by atomic mass is 16.6. The van der Waals surface area contributed by atoms with Crippen molar-refractivity contribution >= 4 is 29.3 Å². The van der Waals surface area contributed by atoms with Gasteiger partial charge in [0.1, 0.15) is 6.73 Å². The van der Waals surface area contributed by atoms with Gasteiger partial charge in [-0.3, -0.25) is 19.6 Å². The number of carbonyl (C=O) groups excluding carboxylic acids is 2. The van der Waals surface area contributed by atoms with Gasteiger partial charge >= 0.3 is 6.09 Å². The normalized spacial score (nSPS) is 11.0. The van der Waals surface area contributed by atoms with Gasteiger partial charge in [0, 0.05) is 67.3 Å². The van der Waals surface area contributed by atoms with E-state index >= 15 is 0 Å². The van der Waals surface area contributed by atoms with Crippen LogP contribution in [0.3, 0.4) is 0 Å². The molecule has 0 aliphatic rings. The molecule has 2 aromatic heterocycles. The highest BCUT2D eigenvalue weighted by Gasteiger charge is 2.12. The molecule has 0 fully saturated rings. The highest BCUT2D eigenvalue weighted by Crippen LogP contribution is 2.24. The molecular formula is C34H42N8O3. The maximum absolute atomic E-state index is 13.1. The smallest absolute Gasteiger partial charge is 0.408 e. The molecule has 45 heavy (non-hydrogen) atoms. The molecule has 11 heteroatoms. The number of hydrogen-bond donors (Lipinski definition) is 3. The Morgan fingerprint density at radius 3 is 2.53 bits per heavy atom. The van der Waals surface area contributed by atoms with Gasteiger partial charge in [-0.15, -0.1) is 0 Å². The Kier molecular flexibility index (Phi) is 12.4. The molecule has 3 N–H and O–H groups in total. The number of nitrogens with one attached hydrogen (secondary N) is 3. The summed E-state index contributed by atoms with van der Waals surface area (Å²) in [6.45, 7) is 10.1. The number of alkyl carbamates (subject to hydrolysis) is 1. The quantitative estimate of drug-likeness (QED) is 0.146. The molecule has 0 spiro atoms. The van der Waals surface area contributed by atoms with Gasteiger partial charge < -0.3 is 20.7 Å². The summed E-state index contributed by atoms with van der Waals surface area (Å²) in [4.78, 5) is 42.2. The number of anilines is 3. The van der Waals surface area contributed by atoms with Crippen molar-refractivity contribution in [1.29, 1.82) is 0 Å². The van der Waals surface area contributed by atoms with Crippen LogP contribution < -0.4 is 16.0 Å². The van der Waals surface area contributed by atoms with Gasteiger partial charge in [0.05, 0.1) is 5.69 Å². The molecule has 0 saturated carbocycles. The van der Waals surface area contributed by atoms with E-state index in [1.54, 1.807) is 18.6 Å². The lowest BCUT2D eigenvalue weighted by Crippen LogP contribution is -2.36. The van der Waals surface area contributed by atoms with Crippen LogP contribution in [0.15, 0.2) is 79.3 Å². The molecule has 2 heterocycles. The van der Waals surface area contributed by atoms with Crippen LogP contribution in [0.1, 0.15) is 41.8 Å². The first-order chi connectivity index (χ1) is 21.8. The lowest BCUT2D eigenvalue weighted by atomic mass is 10.1. The van der Waals surface area contributed by atoms with Crippen molar-refractivity contribution in [2.45, 2.75) is 33.7 Å². The van der Waals surface area contributed by atoms with Crippen molar-refractivity contribution < 1.29 is 14.3 Å². The standard InChI is InChI=1S/C34H42N8O3/c1-5-16-37-34(44)45-24-41(4)19-20-42(6-2)23-26-10-12-27(13-11-26)32(43)38-29-14-9-25(3)31(21-29)40-33-36-18-15-30(39-33)28-8-7-17-35-22-28/h7-15,17-18,21-22H,5-6,16,19-20,23-24H2,1-4H3,(H,37,44)(H,38,43)(H,36,39,40). The van der Waals surface area contributed by atoms with Crippen LogP contribution in [0.25, 0.3) is 11.3 Å². The van der Waals surface area contributed by atoms with Crippen molar-refractivity contribution in [2.75, 3.05) is 50.6 Å². The number of nitrogens with zero attached hydrogens (tertiary/aromatic N) is 5. The van der Waals surface area contributed by atoms with Crippen LogP contribution in [0.5, 0.6) is 0 Å². The lowest BCUT2D eigenvalue weighted by molar-refractivity contribution is 0.0765. The Morgan fingerprint density at radius 2 is 1.80 bits per heavy atom. The number of pyridine rings is 1. The van der Waals surface area contributed by atoms with Crippen LogP contribution in [0.4, 0.5) is 22.1 Å². The molecular weight excluding hydrogens is 568 g/mol. The van der Waals surface area contributed by atoms with E-state index in [1.807, 2.05) is 86.5 Å². The third kappa shape index (κ3) is 10.4. The van der Waals surface area contributed by atoms with Gasteiger partial charge in [-0.05, 0) is 80.5 Å². The molecule has 236 valence electrons. The topological polar surface area (TPSA) is 125 Å². The maximum atomic E-state index is 13.1. The maximum Gasteiger partial charge on any atom is 0.408 e. The number of carbonyl (C=O) groups is 2. The monoisotopic (exact) mass is 610 g/mol. The molecule has 2 amide bonds. The molecule has 4 rings (SSSR count). The van der Waals surface area contributed by atoms with Crippen LogP contribution >= 0.6 is 0 Å². The van der Waals surface area contributed by atoms with E-state index in [1.165, 1.54) is 0 Å². The summed E-state index contributed by atoms with van der Waals surface area (Å²) < 4.78 is 5.24. The number of benzene rings is 2. The van der Waals surface area contributed by atoms with Crippen LogP contribution in [0.2, 0.25) is 0 Å². The molecule has 0 aliphatic carbocycles. The summed E-state index contributed by atoms with van der Waals surface area (Å²) in [5.74, 6) is 0.262. The Balaban J connectivity index is 1.30. The number of aryl methyl sites for hydroxylation is 1. The first-order valence-electron chi connectivity index (χ1n) is 15.2. The van der Waals surface area contributed by atoms with E-state index in [2.05, 4.69) is 42.7 Å².